The average molecular weight is 358 g/mol. The van der Waals surface area contributed by atoms with E-state index in [0.717, 1.165) is 16.8 Å². The molecule has 6 heteroatoms. The van der Waals surface area contributed by atoms with Crippen molar-refractivity contribution < 1.29 is 4.79 Å². The molecule has 0 radical (unpaired) electrons. The first-order valence-corrected chi connectivity index (χ1v) is 8.77. The van der Waals surface area contributed by atoms with Gasteiger partial charge in [0.1, 0.15) is 0 Å². The van der Waals surface area contributed by atoms with E-state index in [2.05, 4.69) is 15.5 Å². The third-order valence-electron chi connectivity index (χ3n) is 3.59. The standard InChI is InChI=1S/C18H16ClN3OS/c1-12(14-7-9-15(19)10-8-14)21-22-18-20-17(23)16(24-18)11-13-5-3-2-4-6-13/h2-10,16H,11H2,1H3,(H,20,22,23). The molecule has 2 aromatic rings. The van der Waals surface area contributed by atoms with Crippen molar-refractivity contribution in [2.24, 2.45) is 10.2 Å². The van der Waals surface area contributed by atoms with Gasteiger partial charge >= 0.3 is 0 Å². The summed E-state index contributed by atoms with van der Waals surface area (Å²) in [4.78, 5) is 12.1. The quantitative estimate of drug-likeness (QED) is 0.666. The van der Waals surface area contributed by atoms with Crippen LogP contribution >= 0.6 is 23.4 Å². The Balaban J connectivity index is 1.67. The molecule has 3 rings (SSSR count). The largest absolute Gasteiger partial charge is 0.303 e. The van der Waals surface area contributed by atoms with Crippen LogP contribution in [0.4, 0.5) is 0 Å². The van der Waals surface area contributed by atoms with Crippen LogP contribution < -0.4 is 5.32 Å². The van der Waals surface area contributed by atoms with Crippen LogP contribution in [0.2, 0.25) is 5.02 Å². The van der Waals surface area contributed by atoms with Crippen LogP contribution in [0.25, 0.3) is 0 Å². The molecule has 0 aliphatic carbocycles. The van der Waals surface area contributed by atoms with Gasteiger partial charge in [0.25, 0.3) is 0 Å². The van der Waals surface area contributed by atoms with Crippen LogP contribution in [-0.4, -0.2) is 22.0 Å². The van der Waals surface area contributed by atoms with E-state index in [1.54, 1.807) is 0 Å². The number of thioether (sulfide) groups is 1. The molecule has 122 valence electrons. The second-order valence-corrected chi connectivity index (χ2v) is 7.01. The molecule has 1 N–H and O–H groups in total. The molecule has 1 heterocycles. The second-order valence-electron chi connectivity index (χ2n) is 5.38. The Morgan fingerprint density at radius 2 is 1.88 bits per heavy atom. The lowest BCUT2D eigenvalue weighted by atomic mass is 10.1. The van der Waals surface area contributed by atoms with Crippen molar-refractivity contribution in [1.82, 2.24) is 5.32 Å². The Morgan fingerprint density at radius 3 is 2.58 bits per heavy atom. The molecular formula is C18H16ClN3OS. The molecule has 0 aromatic heterocycles. The normalized spacial score (nSPS) is 19.6. The maximum Gasteiger partial charge on any atom is 0.239 e. The molecule has 1 aliphatic heterocycles. The van der Waals surface area contributed by atoms with Gasteiger partial charge in [0.15, 0.2) is 5.17 Å². The van der Waals surface area contributed by atoms with Crippen molar-refractivity contribution in [3.05, 3.63) is 70.7 Å². The van der Waals surface area contributed by atoms with Gasteiger partial charge in [0.05, 0.1) is 11.0 Å². The van der Waals surface area contributed by atoms with Crippen LogP contribution in [-0.2, 0) is 11.2 Å². The fourth-order valence-corrected chi connectivity index (χ4v) is 3.37. The highest BCUT2D eigenvalue weighted by Gasteiger charge is 2.30. The Hall–Kier alpha value is -2.11. The number of hydrogen-bond acceptors (Lipinski definition) is 4. The highest BCUT2D eigenvalue weighted by Crippen LogP contribution is 2.23. The summed E-state index contributed by atoms with van der Waals surface area (Å²) in [5, 5.41) is 12.2. The zero-order valence-corrected chi connectivity index (χ0v) is 14.6. The minimum atomic E-state index is -0.169. The predicted octanol–water partition coefficient (Wildman–Crippen LogP) is 3.89. The number of carbonyl (C=O) groups is 1. The summed E-state index contributed by atoms with van der Waals surface area (Å²) in [5.41, 5.74) is 2.84. The van der Waals surface area contributed by atoms with Gasteiger partial charge in [-0.1, -0.05) is 65.8 Å². The maximum absolute atomic E-state index is 12.1. The number of amidine groups is 1. The summed E-state index contributed by atoms with van der Waals surface area (Å²) in [6.07, 6.45) is 0.677. The molecule has 24 heavy (non-hydrogen) atoms. The van der Waals surface area contributed by atoms with Crippen LogP contribution in [0.5, 0.6) is 0 Å². The van der Waals surface area contributed by atoms with Gasteiger partial charge in [0, 0.05) is 5.02 Å². The number of rotatable bonds is 4. The number of nitrogens with zero attached hydrogens (tertiary/aromatic N) is 2. The minimum absolute atomic E-state index is 0.0260. The molecule has 0 spiro atoms. The molecule has 0 saturated carbocycles. The molecule has 1 fully saturated rings. The summed E-state index contributed by atoms with van der Waals surface area (Å²) in [5.74, 6) is -0.0260. The molecule has 0 bridgehead atoms. The minimum Gasteiger partial charge on any atom is -0.303 e. The van der Waals surface area contributed by atoms with Gasteiger partial charge in [-0.3, -0.25) is 4.79 Å². The monoisotopic (exact) mass is 357 g/mol. The van der Waals surface area contributed by atoms with Crippen LogP contribution in [0.15, 0.2) is 64.8 Å². The predicted molar refractivity (Wildman–Crippen MR) is 101 cm³/mol. The van der Waals surface area contributed by atoms with Gasteiger partial charge in [-0.15, -0.1) is 5.10 Å². The topological polar surface area (TPSA) is 53.8 Å². The van der Waals surface area contributed by atoms with E-state index in [1.165, 1.54) is 11.8 Å². The first-order valence-electron chi connectivity index (χ1n) is 7.51. The van der Waals surface area contributed by atoms with Gasteiger partial charge in [-0.25, -0.2) is 0 Å². The smallest absolute Gasteiger partial charge is 0.239 e. The van der Waals surface area contributed by atoms with Gasteiger partial charge in [-0.05, 0) is 36.6 Å². The van der Waals surface area contributed by atoms with Gasteiger partial charge < -0.3 is 5.32 Å². The summed E-state index contributed by atoms with van der Waals surface area (Å²) in [6.45, 7) is 1.87. The fourth-order valence-electron chi connectivity index (χ4n) is 2.28. The van der Waals surface area contributed by atoms with Crippen LogP contribution in [0.3, 0.4) is 0 Å². The van der Waals surface area contributed by atoms with Crippen molar-refractivity contribution in [3.8, 4) is 0 Å². The van der Waals surface area contributed by atoms with E-state index in [9.17, 15) is 4.79 Å². The number of benzene rings is 2. The molecule has 1 aliphatic rings. The van der Waals surface area contributed by atoms with E-state index >= 15 is 0 Å². The highest BCUT2D eigenvalue weighted by atomic mass is 35.5. The van der Waals surface area contributed by atoms with Gasteiger partial charge in [-0.2, -0.15) is 5.10 Å². The Morgan fingerprint density at radius 1 is 1.17 bits per heavy atom. The molecule has 2 aromatic carbocycles. The molecule has 1 atom stereocenters. The first-order chi connectivity index (χ1) is 11.6. The Kier molecular flexibility index (Phi) is 5.33. The maximum atomic E-state index is 12.1. The van der Waals surface area contributed by atoms with E-state index in [0.29, 0.717) is 16.6 Å². The zero-order chi connectivity index (χ0) is 16.9. The lowest BCUT2D eigenvalue weighted by molar-refractivity contribution is -0.118. The van der Waals surface area contributed by atoms with Crippen molar-refractivity contribution in [1.29, 1.82) is 0 Å². The lowest BCUT2D eigenvalue weighted by Gasteiger charge is -2.04. The van der Waals surface area contributed by atoms with Crippen LogP contribution in [0.1, 0.15) is 18.1 Å². The van der Waals surface area contributed by atoms with Crippen molar-refractivity contribution in [2.45, 2.75) is 18.6 Å². The van der Waals surface area contributed by atoms with Crippen molar-refractivity contribution in [2.75, 3.05) is 0 Å². The van der Waals surface area contributed by atoms with Gasteiger partial charge in [0.2, 0.25) is 5.91 Å². The summed E-state index contributed by atoms with van der Waals surface area (Å²) >= 11 is 7.29. The van der Waals surface area contributed by atoms with E-state index < -0.39 is 0 Å². The zero-order valence-electron chi connectivity index (χ0n) is 13.1. The number of halogens is 1. The molecule has 1 saturated heterocycles. The molecule has 4 nitrogen and oxygen atoms in total. The molecule has 1 unspecified atom stereocenters. The summed E-state index contributed by atoms with van der Waals surface area (Å²) < 4.78 is 0. The Bertz CT molecular complexity index is 788. The van der Waals surface area contributed by atoms with E-state index in [4.69, 9.17) is 11.6 Å². The van der Waals surface area contributed by atoms with E-state index in [1.807, 2.05) is 61.5 Å². The molecule has 1 amide bonds. The first kappa shape index (κ1) is 16.7. The average Bonchev–Trinajstić information content (AvgIpc) is 2.94. The van der Waals surface area contributed by atoms with E-state index in [-0.39, 0.29) is 11.2 Å². The van der Waals surface area contributed by atoms with Crippen molar-refractivity contribution in [3.63, 3.8) is 0 Å². The fraction of sp³-hybridized carbons (Fsp3) is 0.167. The number of hydrogen-bond donors (Lipinski definition) is 1. The summed E-state index contributed by atoms with van der Waals surface area (Å²) in [6, 6.07) is 17.4. The third kappa shape index (κ3) is 4.24. The van der Waals surface area contributed by atoms with Crippen molar-refractivity contribution >= 4 is 40.1 Å². The third-order valence-corrected chi connectivity index (χ3v) is 4.92. The number of carbonyl (C=O) groups excluding carboxylic acids is 1. The highest BCUT2D eigenvalue weighted by molar-refractivity contribution is 8.15. The second kappa shape index (κ2) is 7.64. The molecular weight excluding hydrogens is 342 g/mol. The summed E-state index contributed by atoms with van der Waals surface area (Å²) in [7, 11) is 0. The number of nitrogens with one attached hydrogen (secondary N) is 1. The lowest BCUT2D eigenvalue weighted by Crippen LogP contribution is -2.25. The SMILES string of the molecule is CC(=NN=C1NC(=O)C(Cc2ccccc2)S1)c1ccc(Cl)cc1. The Labute approximate surface area is 150 Å². The number of amides is 1. The van der Waals surface area contributed by atoms with Crippen LogP contribution in [0, 0.1) is 0 Å².